The van der Waals surface area contributed by atoms with Gasteiger partial charge in [-0.25, -0.2) is 0 Å². The van der Waals surface area contributed by atoms with Crippen LogP contribution in [0, 0.1) is 5.92 Å². The van der Waals surface area contributed by atoms with Crippen LogP contribution in [-0.4, -0.2) is 41.9 Å². The number of fused-ring (bicyclic) bond motifs is 1. The molecule has 3 amide bonds. The number of amides is 3. The highest BCUT2D eigenvalue weighted by molar-refractivity contribution is 6.33. The maximum atomic E-state index is 12.4. The Kier molecular flexibility index (Phi) is 6.55. The lowest BCUT2D eigenvalue weighted by Gasteiger charge is -2.18. The van der Waals surface area contributed by atoms with Crippen LogP contribution in [0.4, 0.5) is 5.69 Å². The highest BCUT2D eigenvalue weighted by atomic mass is 35.5. The van der Waals surface area contributed by atoms with Crippen molar-refractivity contribution in [2.24, 2.45) is 5.92 Å². The topological polar surface area (TPSA) is 105 Å². The van der Waals surface area contributed by atoms with E-state index in [4.69, 9.17) is 16.3 Å². The predicted octanol–water partition coefficient (Wildman–Crippen LogP) is 3.17. The Labute approximate surface area is 194 Å². The van der Waals surface area contributed by atoms with Crippen molar-refractivity contribution in [3.63, 3.8) is 0 Å². The van der Waals surface area contributed by atoms with Crippen LogP contribution in [0.1, 0.15) is 16.8 Å². The second-order valence-corrected chi connectivity index (χ2v) is 7.92. The maximum absolute atomic E-state index is 12.4. The molecule has 8 nitrogen and oxygen atoms in total. The number of hydrazine groups is 1. The Morgan fingerprint density at radius 3 is 2.55 bits per heavy atom. The Balaban J connectivity index is 1.30. The molecule has 0 bridgehead atoms. The average Bonchev–Trinajstić information content (AvgIpc) is 3.18. The fraction of sp³-hybridized carbons (Fsp3) is 0.167. The van der Waals surface area contributed by atoms with E-state index in [1.54, 1.807) is 24.3 Å². The molecule has 0 radical (unpaired) electrons. The number of carbonyl (C=O) groups is 4. The van der Waals surface area contributed by atoms with Gasteiger partial charge in [0.05, 0.1) is 23.0 Å². The largest absolute Gasteiger partial charge is 0.455 e. The third-order valence-electron chi connectivity index (χ3n) is 5.22. The van der Waals surface area contributed by atoms with E-state index in [1.807, 2.05) is 36.4 Å². The van der Waals surface area contributed by atoms with Gasteiger partial charge in [-0.3, -0.25) is 29.6 Å². The van der Waals surface area contributed by atoms with Gasteiger partial charge >= 0.3 is 5.97 Å². The lowest BCUT2D eigenvalue weighted by atomic mass is 10.1. The summed E-state index contributed by atoms with van der Waals surface area (Å²) in [6.45, 7) is -0.544. The molecule has 3 aromatic rings. The summed E-state index contributed by atoms with van der Waals surface area (Å²) < 4.78 is 5.11. The van der Waals surface area contributed by atoms with Gasteiger partial charge in [-0.2, -0.15) is 0 Å². The van der Waals surface area contributed by atoms with Gasteiger partial charge in [-0.05, 0) is 23.6 Å². The van der Waals surface area contributed by atoms with E-state index in [1.165, 1.54) is 6.07 Å². The lowest BCUT2D eigenvalue weighted by molar-refractivity contribution is -0.151. The molecular formula is C24H20ClN3O5. The SMILES string of the molecule is O=C(COC(=O)[C@@H]1CC(=O)N(NC(=O)c2ccccc2Cl)C1)Nc1cccc2ccccc12. The van der Waals surface area contributed by atoms with Crippen molar-refractivity contribution < 1.29 is 23.9 Å². The number of halogens is 1. The summed E-state index contributed by atoms with van der Waals surface area (Å²) in [6, 6.07) is 19.5. The summed E-state index contributed by atoms with van der Waals surface area (Å²) in [4.78, 5) is 49.3. The molecule has 9 heteroatoms. The van der Waals surface area contributed by atoms with Crippen LogP contribution in [0.3, 0.4) is 0 Å². The van der Waals surface area contributed by atoms with E-state index in [2.05, 4.69) is 10.7 Å². The van der Waals surface area contributed by atoms with Crippen LogP contribution >= 0.6 is 11.6 Å². The number of nitrogens with one attached hydrogen (secondary N) is 2. The number of nitrogens with zero attached hydrogens (tertiary/aromatic N) is 1. The molecule has 2 N–H and O–H groups in total. The molecule has 0 unspecified atom stereocenters. The summed E-state index contributed by atoms with van der Waals surface area (Å²) in [6.07, 6.45) is -0.132. The summed E-state index contributed by atoms with van der Waals surface area (Å²) in [5.41, 5.74) is 3.28. The molecule has 168 valence electrons. The Bertz CT molecular complexity index is 1240. The zero-order chi connectivity index (χ0) is 23.4. The molecule has 4 rings (SSSR count). The summed E-state index contributed by atoms with van der Waals surface area (Å²) in [5, 5.41) is 5.88. The fourth-order valence-corrected chi connectivity index (χ4v) is 3.80. The monoisotopic (exact) mass is 465 g/mol. The molecule has 1 saturated heterocycles. The molecule has 1 aliphatic heterocycles. The van der Waals surface area contributed by atoms with Crippen molar-refractivity contribution in [3.8, 4) is 0 Å². The quantitative estimate of drug-likeness (QED) is 0.544. The first-order chi connectivity index (χ1) is 15.9. The maximum Gasteiger partial charge on any atom is 0.311 e. The van der Waals surface area contributed by atoms with E-state index in [-0.39, 0.29) is 23.6 Å². The number of anilines is 1. The van der Waals surface area contributed by atoms with Crippen molar-refractivity contribution in [1.82, 2.24) is 10.4 Å². The minimum absolute atomic E-state index is 0.0567. The van der Waals surface area contributed by atoms with Gasteiger partial charge < -0.3 is 10.1 Å². The van der Waals surface area contributed by atoms with Gasteiger partial charge in [0.25, 0.3) is 11.8 Å². The lowest BCUT2D eigenvalue weighted by Crippen LogP contribution is -2.43. The number of ether oxygens (including phenoxy) is 1. The number of hydrogen-bond donors (Lipinski definition) is 2. The molecule has 1 fully saturated rings. The summed E-state index contributed by atoms with van der Waals surface area (Å²) in [5.74, 6) is -2.97. The second kappa shape index (κ2) is 9.70. The number of carbonyl (C=O) groups excluding carboxylic acids is 4. The van der Waals surface area contributed by atoms with E-state index < -0.39 is 36.2 Å². The Morgan fingerprint density at radius 2 is 1.73 bits per heavy atom. The second-order valence-electron chi connectivity index (χ2n) is 7.51. The molecule has 3 aromatic carbocycles. The third kappa shape index (κ3) is 5.12. The van der Waals surface area contributed by atoms with Gasteiger partial charge in [-0.15, -0.1) is 0 Å². The van der Waals surface area contributed by atoms with Crippen molar-refractivity contribution in [3.05, 3.63) is 77.3 Å². The molecule has 0 saturated carbocycles. The minimum atomic E-state index is -0.797. The fourth-order valence-electron chi connectivity index (χ4n) is 3.58. The number of benzene rings is 3. The molecule has 1 heterocycles. The third-order valence-corrected chi connectivity index (χ3v) is 5.55. The predicted molar refractivity (Wildman–Crippen MR) is 122 cm³/mol. The van der Waals surface area contributed by atoms with E-state index in [0.29, 0.717) is 5.69 Å². The normalized spacial score (nSPS) is 15.4. The Hall–Kier alpha value is -3.91. The van der Waals surface area contributed by atoms with Gasteiger partial charge in [0.1, 0.15) is 0 Å². The first kappa shape index (κ1) is 22.3. The van der Waals surface area contributed by atoms with E-state index in [9.17, 15) is 19.2 Å². The molecule has 33 heavy (non-hydrogen) atoms. The van der Waals surface area contributed by atoms with Crippen molar-refractivity contribution in [1.29, 1.82) is 0 Å². The van der Waals surface area contributed by atoms with Crippen molar-refractivity contribution in [2.45, 2.75) is 6.42 Å². The molecule has 1 aliphatic rings. The standard InChI is InChI=1S/C24H20ClN3O5/c25-19-10-4-3-9-18(19)23(31)27-28-13-16(12-22(28)30)24(32)33-14-21(29)26-20-11-5-7-15-6-1-2-8-17(15)20/h1-11,16H,12-14H2,(H,26,29)(H,27,31)/t16-/m1/s1. The summed E-state index contributed by atoms with van der Waals surface area (Å²) >= 11 is 6.00. The van der Waals surface area contributed by atoms with Gasteiger partial charge in [-0.1, -0.05) is 60.1 Å². The average molecular weight is 466 g/mol. The highest BCUT2D eigenvalue weighted by Gasteiger charge is 2.37. The van der Waals surface area contributed by atoms with Crippen LogP contribution in [0.2, 0.25) is 5.02 Å². The first-order valence-electron chi connectivity index (χ1n) is 10.2. The minimum Gasteiger partial charge on any atom is -0.455 e. The summed E-state index contributed by atoms with van der Waals surface area (Å²) in [7, 11) is 0. The zero-order valence-electron chi connectivity index (χ0n) is 17.4. The van der Waals surface area contributed by atoms with Crippen LogP contribution in [-0.2, 0) is 19.1 Å². The molecule has 0 spiro atoms. The van der Waals surface area contributed by atoms with Crippen molar-refractivity contribution in [2.75, 3.05) is 18.5 Å². The van der Waals surface area contributed by atoms with Gasteiger partial charge in [0.2, 0.25) is 5.91 Å². The van der Waals surface area contributed by atoms with Crippen molar-refractivity contribution >= 4 is 51.8 Å². The molecule has 0 aromatic heterocycles. The number of hydrogen-bond acceptors (Lipinski definition) is 5. The van der Waals surface area contributed by atoms with E-state index >= 15 is 0 Å². The molecule has 1 atom stereocenters. The van der Waals surface area contributed by atoms with Gasteiger partial charge in [0.15, 0.2) is 6.61 Å². The van der Waals surface area contributed by atoms with E-state index in [0.717, 1.165) is 15.8 Å². The number of rotatable bonds is 6. The number of esters is 1. The Morgan fingerprint density at radius 1 is 1.00 bits per heavy atom. The van der Waals surface area contributed by atoms with Crippen LogP contribution < -0.4 is 10.7 Å². The smallest absolute Gasteiger partial charge is 0.311 e. The zero-order valence-corrected chi connectivity index (χ0v) is 18.2. The van der Waals surface area contributed by atoms with Crippen LogP contribution in [0.15, 0.2) is 66.7 Å². The first-order valence-corrected chi connectivity index (χ1v) is 10.6. The van der Waals surface area contributed by atoms with Crippen LogP contribution in [0.25, 0.3) is 10.8 Å². The van der Waals surface area contributed by atoms with Crippen LogP contribution in [0.5, 0.6) is 0 Å². The highest BCUT2D eigenvalue weighted by Crippen LogP contribution is 2.23. The molecule has 0 aliphatic carbocycles. The van der Waals surface area contributed by atoms with Gasteiger partial charge in [0, 0.05) is 17.5 Å². The molecular weight excluding hydrogens is 446 g/mol.